The molecule has 0 saturated carbocycles. The Bertz CT molecular complexity index is 817. The molecule has 0 aliphatic heterocycles. The van der Waals surface area contributed by atoms with Crippen molar-refractivity contribution in [1.82, 2.24) is 15.0 Å². The van der Waals surface area contributed by atoms with Gasteiger partial charge in [0, 0.05) is 0 Å². The molecule has 29 heavy (non-hydrogen) atoms. The number of nitrogens with zero attached hydrogens (tertiary/aromatic N) is 3. The van der Waals surface area contributed by atoms with Gasteiger partial charge in [0.2, 0.25) is 0 Å². The Morgan fingerprint density at radius 3 is 2.38 bits per heavy atom. The second kappa shape index (κ2) is 12.5. The molecule has 0 spiro atoms. The lowest BCUT2D eigenvalue weighted by molar-refractivity contribution is -0.146. The molecule has 5 heteroatoms. The van der Waals surface area contributed by atoms with E-state index in [0.717, 1.165) is 17.7 Å². The fourth-order valence-corrected chi connectivity index (χ4v) is 2.67. The van der Waals surface area contributed by atoms with Gasteiger partial charge in [0.05, 0.1) is 17.8 Å². The lowest BCUT2D eigenvalue weighted by atomic mass is 9.97. The quantitative estimate of drug-likeness (QED) is 0.412. The van der Waals surface area contributed by atoms with Crippen molar-refractivity contribution in [2.45, 2.75) is 53.6 Å². The summed E-state index contributed by atoms with van der Waals surface area (Å²) in [6, 6.07) is 8.15. The smallest absolute Gasteiger partial charge is 0.313 e. The highest BCUT2D eigenvalue weighted by atomic mass is 16.5. The van der Waals surface area contributed by atoms with Gasteiger partial charge in [-0.15, -0.1) is 5.10 Å². The van der Waals surface area contributed by atoms with Gasteiger partial charge >= 0.3 is 5.97 Å². The molecule has 2 aromatic rings. The molecular formula is C24H33N3O2. The summed E-state index contributed by atoms with van der Waals surface area (Å²) in [6.07, 6.45) is 7.80. The van der Waals surface area contributed by atoms with Crippen molar-refractivity contribution in [3.63, 3.8) is 0 Å². The lowest BCUT2D eigenvalue weighted by Crippen LogP contribution is -2.13. The van der Waals surface area contributed by atoms with E-state index in [1.165, 1.54) is 5.56 Å². The average Bonchev–Trinajstić information content (AvgIpc) is 3.20. The standard InChI is InChI=1S/C22H27N3O2.C2H6/c1-6-8-21(7-2)25-14-20(23-24-25)15-27-22(26)17(5)19-11-9-18(10-12-19)13-16(3)4;1-2/h6-12,14,16-17H,1-2,13,15H2,3-5H3;1-2H3/b21-8+;. The molecular weight excluding hydrogens is 362 g/mol. The van der Waals surface area contributed by atoms with Gasteiger partial charge in [0.1, 0.15) is 12.3 Å². The van der Waals surface area contributed by atoms with Crippen LogP contribution in [0.25, 0.3) is 5.70 Å². The summed E-state index contributed by atoms with van der Waals surface area (Å²) in [4.78, 5) is 12.4. The topological polar surface area (TPSA) is 57.0 Å². The highest BCUT2D eigenvalue weighted by Gasteiger charge is 2.17. The second-order valence-electron chi connectivity index (χ2n) is 6.85. The van der Waals surface area contributed by atoms with Crippen LogP contribution in [0.2, 0.25) is 0 Å². The van der Waals surface area contributed by atoms with E-state index in [1.54, 1.807) is 29.1 Å². The lowest BCUT2D eigenvalue weighted by Gasteiger charge is -2.12. The largest absolute Gasteiger partial charge is 0.459 e. The van der Waals surface area contributed by atoms with Gasteiger partial charge < -0.3 is 4.74 Å². The van der Waals surface area contributed by atoms with Gasteiger partial charge in [-0.1, -0.05) is 76.4 Å². The molecule has 1 atom stereocenters. The molecule has 1 aromatic heterocycles. The number of ether oxygens (including phenoxy) is 1. The number of benzene rings is 1. The van der Waals surface area contributed by atoms with Crippen molar-refractivity contribution in [3.8, 4) is 0 Å². The normalized spacial score (nSPS) is 12.0. The first kappa shape index (κ1) is 24.1. The molecule has 156 valence electrons. The molecule has 0 radical (unpaired) electrons. The molecule has 2 rings (SSSR count). The van der Waals surface area contributed by atoms with E-state index in [-0.39, 0.29) is 18.5 Å². The van der Waals surface area contributed by atoms with Crippen molar-refractivity contribution in [2.24, 2.45) is 5.92 Å². The van der Waals surface area contributed by atoms with Crippen LogP contribution in [-0.4, -0.2) is 21.0 Å². The molecule has 1 aromatic carbocycles. The number of carbonyl (C=O) groups is 1. The summed E-state index contributed by atoms with van der Waals surface area (Å²) in [5.74, 6) is -0.0149. The number of rotatable bonds is 9. The van der Waals surface area contributed by atoms with E-state index in [4.69, 9.17) is 4.74 Å². The Morgan fingerprint density at radius 2 is 1.83 bits per heavy atom. The SMILES string of the molecule is C=C/C=C(\C=C)n1cc(COC(=O)C(C)c2ccc(CC(C)C)cc2)nn1.CC. The predicted molar refractivity (Wildman–Crippen MR) is 119 cm³/mol. The number of carbonyl (C=O) groups excluding carboxylic acids is 1. The van der Waals surface area contributed by atoms with Crippen LogP contribution in [0.1, 0.15) is 57.4 Å². The first-order valence-electron chi connectivity index (χ1n) is 10.1. The van der Waals surface area contributed by atoms with Gasteiger partial charge in [0.15, 0.2) is 0 Å². The van der Waals surface area contributed by atoms with Crippen molar-refractivity contribution >= 4 is 11.7 Å². The molecule has 0 bridgehead atoms. The Hall–Kier alpha value is -2.95. The zero-order valence-corrected chi connectivity index (χ0v) is 18.3. The maximum atomic E-state index is 12.4. The van der Waals surface area contributed by atoms with Gasteiger partial charge in [-0.2, -0.15) is 0 Å². The van der Waals surface area contributed by atoms with Crippen molar-refractivity contribution in [1.29, 1.82) is 0 Å². The summed E-state index contributed by atoms with van der Waals surface area (Å²) in [5, 5.41) is 8.03. The van der Waals surface area contributed by atoms with E-state index in [9.17, 15) is 4.79 Å². The second-order valence-corrected chi connectivity index (χ2v) is 6.85. The van der Waals surface area contributed by atoms with Crippen molar-refractivity contribution < 1.29 is 9.53 Å². The number of hydrogen-bond donors (Lipinski definition) is 0. The molecule has 0 fully saturated rings. The van der Waals surface area contributed by atoms with Crippen molar-refractivity contribution in [3.05, 3.63) is 78.7 Å². The third-order valence-corrected chi connectivity index (χ3v) is 4.14. The fraction of sp³-hybridized carbons (Fsp3) is 0.375. The van der Waals surface area contributed by atoms with Gasteiger partial charge in [-0.25, -0.2) is 4.68 Å². The van der Waals surface area contributed by atoms with E-state index >= 15 is 0 Å². The van der Waals surface area contributed by atoms with Crippen LogP contribution in [0.3, 0.4) is 0 Å². The predicted octanol–water partition coefficient (Wildman–Crippen LogP) is 5.56. The zero-order valence-electron chi connectivity index (χ0n) is 18.3. The number of hydrogen-bond acceptors (Lipinski definition) is 4. The summed E-state index contributed by atoms with van der Waals surface area (Å²) >= 11 is 0. The Balaban J connectivity index is 0.00000204. The minimum atomic E-state index is -0.336. The first-order valence-corrected chi connectivity index (χ1v) is 10.1. The number of aromatic nitrogens is 3. The molecule has 0 aliphatic carbocycles. The maximum absolute atomic E-state index is 12.4. The van der Waals surface area contributed by atoms with Gasteiger partial charge in [0.25, 0.3) is 0 Å². The molecule has 1 heterocycles. The highest BCUT2D eigenvalue weighted by molar-refractivity contribution is 5.77. The minimum Gasteiger partial charge on any atom is -0.459 e. The van der Waals surface area contributed by atoms with E-state index in [0.29, 0.717) is 11.6 Å². The zero-order chi connectivity index (χ0) is 21.8. The minimum absolute atomic E-state index is 0.0765. The van der Waals surface area contributed by atoms with Crippen LogP contribution in [0, 0.1) is 5.92 Å². The number of esters is 1. The fourth-order valence-electron chi connectivity index (χ4n) is 2.67. The first-order chi connectivity index (χ1) is 13.9. The van der Waals surface area contributed by atoms with Gasteiger partial charge in [-0.05, 0) is 42.5 Å². The van der Waals surface area contributed by atoms with E-state index < -0.39 is 0 Å². The molecule has 0 amide bonds. The Labute approximate surface area is 174 Å². The summed E-state index contributed by atoms with van der Waals surface area (Å²) in [7, 11) is 0. The van der Waals surface area contributed by atoms with Crippen LogP contribution in [0.4, 0.5) is 0 Å². The number of allylic oxidation sites excluding steroid dienone is 4. The van der Waals surface area contributed by atoms with Crippen LogP contribution in [0.15, 0.2) is 61.8 Å². The summed E-state index contributed by atoms with van der Waals surface area (Å²) < 4.78 is 6.97. The maximum Gasteiger partial charge on any atom is 0.313 e. The molecule has 1 unspecified atom stereocenters. The third kappa shape index (κ3) is 7.53. The van der Waals surface area contributed by atoms with Crippen LogP contribution < -0.4 is 0 Å². The molecule has 0 N–H and O–H groups in total. The summed E-state index contributed by atoms with van der Waals surface area (Å²) in [6.45, 7) is 17.7. The van der Waals surface area contributed by atoms with Gasteiger partial charge in [-0.3, -0.25) is 4.79 Å². The summed E-state index contributed by atoms with van der Waals surface area (Å²) in [5.41, 5.74) is 3.53. The van der Waals surface area contributed by atoms with E-state index in [1.807, 2.05) is 32.9 Å². The van der Waals surface area contributed by atoms with E-state index in [2.05, 4.69) is 49.5 Å². The average molecular weight is 396 g/mol. The van der Waals surface area contributed by atoms with Crippen LogP contribution >= 0.6 is 0 Å². The Morgan fingerprint density at radius 1 is 1.17 bits per heavy atom. The van der Waals surface area contributed by atoms with Crippen LogP contribution in [0.5, 0.6) is 0 Å². The van der Waals surface area contributed by atoms with Crippen LogP contribution in [-0.2, 0) is 22.6 Å². The molecule has 5 nitrogen and oxygen atoms in total. The third-order valence-electron chi connectivity index (χ3n) is 4.14. The Kier molecular flexibility index (Phi) is 10.4. The highest BCUT2D eigenvalue weighted by Crippen LogP contribution is 2.19. The van der Waals surface area contributed by atoms with Crippen molar-refractivity contribution in [2.75, 3.05) is 0 Å². The molecule has 0 aliphatic rings. The molecule has 0 saturated heterocycles. The monoisotopic (exact) mass is 395 g/mol.